The van der Waals surface area contributed by atoms with Crippen LogP contribution in [0.2, 0.25) is 0 Å². The predicted molar refractivity (Wildman–Crippen MR) is 308 cm³/mol. The summed E-state index contributed by atoms with van der Waals surface area (Å²) in [5, 5.41) is 47.9. The van der Waals surface area contributed by atoms with Crippen LogP contribution in [0.3, 0.4) is 0 Å². The molecule has 19 nitrogen and oxygen atoms in total. The zero-order valence-electron chi connectivity index (χ0n) is 46.8. The van der Waals surface area contributed by atoms with Crippen molar-refractivity contribution in [2.75, 3.05) is 58.5 Å². The molecule has 2 saturated heterocycles. The fourth-order valence-corrected chi connectivity index (χ4v) is 12.3. The third-order valence-corrected chi connectivity index (χ3v) is 17.3. The number of fused-ring (bicyclic) bond motifs is 2. The molecule has 0 radical (unpaired) electrons. The second kappa shape index (κ2) is 23.9. The number of H-pyrrole nitrogens is 1. The lowest BCUT2D eigenvalue weighted by Crippen LogP contribution is -2.60. The lowest BCUT2D eigenvalue weighted by Gasteiger charge is -2.30. The van der Waals surface area contributed by atoms with Crippen LogP contribution >= 0.6 is 11.3 Å². The fraction of sp³-hybridized carbons (Fsp3) is 0.433. The Kier molecular flexibility index (Phi) is 16.4. The first kappa shape index (κ1) is 56.5. The van der Waals surface area contributed by atoms with Gasteiger partial charge >= 0.3 is 6.01 Å². The van der Waals surface area contributed by atoms with E-state index in [1.54, 1.807) is 54.8 Å². The number of nitrogens with zero attached hydrogens (tertiary/aromatic N) is 8. The highest BCUT2D eigenvalue weighted by atomic mass is 32.1. The van der Waals surface area contributed by atoms with Crippen molar-refractivity contribution in [1.82, 2.24) is 56.1 Å². The van der Waals surface area contributed by atoms with Crippen molar-refractivity contribution >= 4 is 50.7 Å². The van der Waals surface area contributed by atoms with E-state index in [-0.39, 0.29) is 86.8 Å². The van der Waals surface area contributed by atoms with E-state index in [4.69, 9.17) is 24.2 Å². The van der Waals surface area contributed by atoms with Crippen molar-refractivity contribution in [3.63, 3.8) is 0 Å². The number of anilines is 1. The first-order chi connectivity index (χ1) is 39.6. The summed E-state index contributed by atoms with van der Waals surface area (Å²) in [6, 6.07) is 15.6. The molecule has 8 aromatic rings. The Morgan fingerprint density at radius 1 is 1.02 bits per heavy atom. The highest BCUT2D eigenvalue weighted by Gasteiger charge is 2.51. The van der Waals surface area contributed by atoms with Gasteiger partial charge in [0.1, 0.15) is 35.3 Å². The number of benzene rings is 4. The molecule has 11 rings (SSSR count). The zero-order valence-corrected chi connectivity index (χ0v) is 47.6. The van der Waals surface area contributed by atoms with Crippen molar-refractivity contribution < 1.29 is 42.8 Å². The second-order valence-corrected chi connectivity index (χ2v) is 23.0. The van der Waals surface area contributed by atoms with E-state index in [1.807, 2.05) is 52.1 Å². The molecule has 0 bridgehead atoms. The number of aryl methyl sites for hydroxylation is 1. The van der Waals surface area contributed by atoms with Gasteiger partial charge in [-0.1, -0.05) is 48.5 Å². The number of nitrogens with one attached hydrogen (secondary N) is 4. The van der Waals surface area contributed by atoms with E-state index in [1.165, 1.54) is 17.4 Å². The van der Waals surface area contributed by atoms with Crippen LogP contribution in [0.1, 0.15) is 85.9 Å². The van der Waals surface area contributed by atoms with E-state index in [0.717, 1.165) is 64.8 Å². The van der Waals surface area contributed by atoms with Gasteiger partial charge in [0.2, 0.25) is 5.91 Å². The molecule has 4 aromatic heterocycles. The van der Waals surface area contributed by atoms with Crippen LogP contribution in [-0.2, 0) is 27.3 Å². The number of halogens is 2. The second-order valence-electron chi connectivity index (χ2n) is 22.2. The third kappa shape index (κ3) is 11.3. The van der Waals surface area contributed by atoms with Gasteiger partial charge < -0.3 is 40.0 Å². The number of rotatable bonds is 23. The lowest BCUT2D eigenvalue weighted by atomic mass is 9.85. The van der Waals surface area contributed by atoms with Gasteiger partial charge in [-0.2, -0.15) is 15.1 Å². The Bertz CT molecular complexity index is 3640. The standard InChI is InChI=1S/C60H68F2N12O7S/c1-32(20-50(77)60(23-41(76)25-65-60)58(78)67-49(29-75)37-12-14-39(15-13-37)56-35(4)64-31-82-56)27-74-28-48(71-72-74)42-9-7-8-38(53(42)62)17-19-80-55-52(51-34(3)46(61)22-47-45(51)26-66-70-47)43(36-10-11-36)21-44-54(55)68-59(81-30-33(2)79-6)69-57(44)73(5)40-16-18-63-24-40/h7-9,12-15,21-22,26,28,31-33,36,40-41,49,63,65,75-76H,10-11,16-20,23-25,27,29-30H2,1-6H3,(H,66,70)(H,67,78)/t32?,33-,40-,41?,49-,60-/m0/s1. The van der Waals surface area contributed by atoms with Crippen molar-refractivity contribution in [1.29, 1.82) is 0 Å². The topological polar surface area (TPSA) is 240 Å². The van der Waals surface area contributed by atoms with E-state index < -0.39 is 47.6 Å². The molecule has 6 N–H and O–H groups in total. The summed E-state index contributed by atoms with van der Waals surface area (Å²) in [6.45, 7) is 9.08. The predicted octanol–water partition coefficient (Wildman–Crippen LogP) is 7.70. The quantitative estimate of drug-likeness (QED) is 0.0336. The summed E-state index contributed by atoms with van der Waals surface area (Å²) >= 11 is 1.52. The van der Waals surface area contributed by atoms with Gasteiger partial charge in [-0.25, -0.2) is 13.8 Å². The number of ether oxygens (including phenoxy) is 3. The number of methoxy groups -OCH3 is 1. The molecule has 22 heteroatoms. The minimum Gasteiger partial charge on any atom is -0.490 e. The van der Waals surface area contributed by atoms with Crippen LogP contribution in [0.4, 0.5) is 14.6 Å². The van der Waals surface area contributed by atoms with Crippen LogP contribution in [0, 0.1) is 31.4 Å². The SMILES string of the molecule is CO[C@@H](C)COc1nc(N(C)[C@H]2CCNC2)c2cc(C3CC3)c(-c3c(C)c(F)cc4[nH]ncc34)c(OCCc3cccc(-c4cn(CC(C)CC(=O)[C@]5(C(=O)N[C@@H](CO)c6ccc(-c7scnc7C)cc6)CC(O)CN5)nn4)c3F)c2n1. The molecule has 6 atom stereocenters. The number of ketones is 1. The van der Waals surface area contributed by atoms with Crippen LogP contribution in [0.15, 0.2) is 72.5 Å². The first-order valence-electron chi connectivity index (χ1n) is 27.9. The highest BCUT2D eigenvalue weighted by molar-refractivity contribution is 7.13. The molecular formula is C60H68F2N12O7S. The van der Waals surface area contributed by atoms with E-state index in [2.05, 4.69) is 52.4 Å². The number of carbonyl (C=O) groups excluding carboxylic acids is 2. The molecule has 0 spiro atoms. The van der Waals surface area contributed by atoms with E-state index in [0.29, 0.717) is 50.4 Å². The monoisotopic (exact) mass is 1140 g/mol. The molecule has 1 amide bonds. The number of thiazole rings is 1. The highest BCUT2D eigenvalue weighted by Crippen LogP contribution is 2.53. The Hall–Kier alpha value is -7.34. The number of hydrogen-bond donors (Lipinski definition) is 6. The van der Waals surface area contributed by atoms with Crippen LogP contribution in [-0.4, -0.2) is 139 Å². The maximum absolute atomic E-state index is 16.9. The average molecular weight is 1140 g/mol. The zero-order chi connectivity index (χ0) is 57.4. The van der Waals surface area contributed by atoms with Crippen molar-refractivity contribution in [2.24, 2.45) is 5.92 Å². The molecule has 2 aliphatic heterocycles. The number of Topliss-reactive ketones (excluding diaryl/α,β-unsaturated/α-hetero) is 1. The summed E-state index contributed by atoms with van der Waals surface area (Å²) in [6.07, 6.45) is 4.81. The molecular weight excluding hydrogens is 1070 g/mol. The van der Waals surface area contributed by atoms with Crippen molar-refractivity contribution in [3.05, 3.63) is 112 Å². The maximum Gasteiger partial charge on any atom is 0.319 e. The number of hydrogen-bond acceptors (Lipinski definition) is 17. The number of aliphatic hydroxyl groups excluding tert-OH is 2. The molecule has 430 valence electrons. The minimum atomic E-state index is -1.73. The Labute approximate surface area is 477 Å². The summed E-state index contributed by atoms with van der Waals surface area (Å²) in [4.78, 5) is 46.0. The number of β-amino-alcohol motifs (C(OH)–C–C–N with tert-alkyl or cyclic N) is 1. The van der Waals surface area contributed by atoms with Gasteiger partial charge in [0.25, 0.3) is 0 Å². The van der Waals surface area contributed by atoms with Gasteiger partial charge in [-0.3, -0.25) is 24.7 Å². The number of aromatic amines is 1. The Morgan fingerprint density at radius 2 is 1.84 bits per heavy atom. The van der Waals surface area contributed by atoms with Gasteiger partial charge in [0.05, 0.1) is 65.5 Å². The summed E-state index contributed by atoms with van der Waals surface area (Å²) in [7, 11) is 3.63. The van der Waals surface area contributed by atoms with Gasteiger partial charge in [0, 0.05) is 86.6 Å². The van der Waals surface area contributed by atoms with Gasteiger partial charge in [-0.15, -0.1) is 16.4 Å². The average Bonchev–Trinajstić information content (AvgIpc) is 3.91. The normalized spacial score (nSPS) is 19.2. The molecule has 2 unspecified atom stereocenters. The molecule has 82 heavy (non-hydrogen) atoms. The molecule has 6 heterocycles. The fourth-order valence-electron chi connectivity index (χ4n) is 11.4. The van der Waals surface area contributed by atoms with Crippen LogP contribution in [0.25, 0.3) is 54.6 Å². The maximum atomic E-state index is 16.9. The van der Waals surface area contributed by atoms with E-state index in [9.17, 15) is 19.8 Å². The smallest absolute Gasteiger partial charge is 0.319 e. The largest absolute Gasteiger partial charge is 0.490 e. The van der Waals surface area contributed by atoms with Gasteiger partial charge in [0.15, 0.2) is 17.1 Å². The molecule has 1 aliphatic carbocycles. The van der Waals surface area contributed by atoms with Crippen molar-refractivity contribution in [3.8, 4) is 44.6 Å². The van der Waals surface area contributed by atoms with Crippen LogP contribution < -0.4 is 30.3 Å². The van der Waals surface area contributed by atoms with Crippen LogP contribution in [0.5, 0.6) is 11.8 Å². The Balaban J connectivity index is 0.837. The number of aliphatic hydroxyl groups is 2. The number of likely N-dealkylation sites (N-methyl/N-ethyl adjacent to an activating group) is 1. The first-order valence-corrected chi connectivity index (χ1v) is 28.8. The molecule has 3 aliphatic rings. The van der Waals surface area contributed by atoms with Gasteiger partial charge in [-0.05, 0) is 104 Å². The minimum absolute atomic E-state index is 0.00328. The van der Waals surface area contributed by atoms with E-state index >= 15 is 8.78 Å². The molecule has 4 aromatic carbocycles. The third-order valence-electron chi connectivity index (χ3n) is 16.3. The number of aromatic nitrogens is 8. The number of amides is 1. The van der Waals surface area contributed by atoms with Crippen molar-refractivity contribution in [2.45, 2.75) is 109 Å². The molecule has 1 saturated carbocycles. The Morgan fingerprint density at radius 3 is 2.55 bits per heavy atom. The summed E-state index contributed by atoms with van der Waals surface area (Å²) in [5.74, 6) is -1.12. The lowest BCUT2D eigenvalue weighted by molar-refractivity contribution is -0.138. The number of carbonyl (C=O) groups is 2. The summed E-state index contributed by atoms with van der Waals surface area (Å²) < 4.78 is 53.3. The summed E-state index contributed by atoms with van der Waals surface area (Å²) in [5.41, 5.74) is 7.13. The molecule has 3 fully saturated rings.